The molecule has 1 fully saturated rings. The average molecular weight is 351 g/mol. The molecule has 0 aromatic heterocycles. The number of halogens is 4. The zero-order valence-electron chi connectivity index (χ0n) is 12.2. The summed E-state index contributed by atoms with van der Waals surface area (Å²) in [4.78, 5) is 0. The van der Waals surface area contributed by atoms with Gasteiger partial charge in [0.1, 0.15) is 0 Å². The summed E-state index contributed by atoms with van der Waals surface area (Å²) >= 11 is 10.8. The van der Waals surface area contributed by atoms with Crippen LogP contribution in [-0.4, -0.2) is 10.7 Å². The molecule has 0 bridgehead atoms. The van der Waals surface area contributed by atoms with Crippen molar-refractivity contribution in [1.82, 2.24) is 5.32 Å². The van der Waals surface area contributed by atoms with E-state index in [2.05, 4.69) is 17.6 Å². The average Bonchev–Trinajstić information content (AvgIpc) is 2.40. The maximum atomic E-state index is 12.8. The molecule has 0 atom stereocenters. The standard InChI is InChI=1S/C15H18ClF3N2S/c1-14(7-3-2-4-8-14)21-13(22)20-10-5-6-12(16)11(9-10)15(17,18)19/h5-6,9H,2-4,7-8H2,1H3,(H2,20,21,22). The van der Waals surface area contributed by atoms with Gasteiger partial charge >= 0.3 is 6.18 Å². The molecule has 0 saturated heterocycles. The van der Waals surface area contributed by atoms with E-state index in [4.69, 9.17) is 23.8 Å². The minimum atomic E-state index is -4.49. The highest BCUT2D eigenvalue weighted by Gasteiger charge is 2.33. The Labute approximate surface area is 138 Å². The van der Waals surface area contributed by atoms with E-state index in [1.54, 1.807) is 0 Å². The van der Waals surface area contributed by atoms with Crippen LogP contribution in [0.1, 0.15) is 44.6 Å². The van der Waals surface area contributed by atoms with Crippen LogP contribution in [0.4, 0.5) is 18.9 Å². The summed E-state index contributed by atoms with van der Waals surface area (Å²) in [6.45, 7) is 2.09. The summed E-state index contributed by atoms with van der Waals surface area (Å²) in [5, 5.41) is 6.05. The number of hydrogen-bond acceptors (Lipinski definition) is 1. The largest absolute Gasteiger partial charge is 0.417 e. The lowest BCUT2D eigenvalue weighted by Crippen LogP contribution is -2.48. The predicted molar refractivity (Wildman–Crippen MR) is 87.3 cm³/mol. The lowest BCUT2D eigenvalue weighted by molar-refractivity contribution is -0.137. The molecule has 0 spiro atoms. The van der Waals surface area contributed by atoms with Gasteiger partial charge in [-0.3, -0.25) is 0 Å². The van der Waals surface area contributed by atoms with Gasteiger partial charge in [0, 0.05) is 11.2 Å². The summed E-state index contributed by atoms with van der Waals surface area (Å²) in [7, 11) is 0. The molecule has 2 N–H and O–H groups in total. The molecule has 2 nitrogen and oxygen atoms in total. The summed E-state index contributed by atoms with van der Waals surface area (Å²) < 4.78 is 38.5. The van der Waals surface area contributed by atoms with Crippen molar-refractivity contribution in [1.29, 1.82) is 0 Å². The molecule has 7 heteroatoms. The van der Waals surface area contributed by atoms with Crippen LogP contribution in [0.5, 0.6) is 0 Å². The van der Waals surface area contributed by atoms with Crippen molar-refractivity contribution >= 4 is 34.6 Å². The number of benzene rings is 1. The van der Waals surface area contributed by atoms with Gasteiger partial charge in [-0.2, -0.15) is 13.2 Å². The number of nitrogens with one attached hydrogen (secondary N) is 2. The molecule has 1 aliphatic rings. The fraction of sp³-hybridized carbons (Fsp3) is 0.533. The molecule has 22 heavy (non-hydrogen) atoms. The topological polar surface area (TPSA) is 24.1 Å². The van der Waals surface area contributed by atoms with Crippen molar-refractivity contribution in [3.05, 3.63) is 28.8 Å². The van der Waals surface area contributed by atoms with Crippen molar-refractivity contribution in [3.63, 3.8) is 0 Å². The molecule has 0 amide bonds. The maximum Gasteiger partial charge on any atom is 0.417 e. The lowest BCUT2D eigenvalue weighted by atomic mass is 9.83. The Morgan fingerprint density at radius 1 is 1.23 bits per heavy atom. The summed E-state index contributed by atoms with van der Waals surface area (Å²) in [6.07, 6.45) is 0.992. The Kier molecular flexibility index (Phi) is 5.22. The fourth-order valence-corrected chi connectivity index (χ4v) is 3.30. The quantitative estimate of drug-likeness (QED) is 0.701. The van der Waals surface area contributed by atoms with Crippen LogP contribution < -0.4 is 10.6 Å². The molecule has 0 heterocycles. The van der Waals surface area contributed by atoms with Gasteiger partial charge in [-0.25, -0.2) is 0 Å². The zero-order valence-corrected chi connectivity index (χ0v) is 13.8. The smallest absolute Gasteiger partial charge is 0.357 e. The highest BCUT2D eigenvalue weighted by atomic mass is 35.5. The Morgan fingerprint density at radius 3 is 2.45 bits per heavy atom. The second-order valence-corrected chi connectivity index (χ2v) is 6.71. The molecule has 2 rings (SSSR count). The number of alkyl halides is 3. The summed E-state index contributed by atoms with van der Waals surface area (Å²) in [6, 6.07) is 3.67. The SMILES string of the molecule is CC1(NC(=S)Nc2ccc(Cl)c(C(F)(F)F)c2)CCCCC1. The first-order valence-electron chi connectivity index (χ1n) is 7.16. The van der Waals surface area contributed by atoms with Crippen LogP contribution in [0.2, 0.25) is 5.02 Å². The van der Waals surface area contributed by atoms with E-state index in [0.717, 1.165) is 31.7 Å². The molecule has 0 radical (unpaired) electrons. The molecule has 0 unspecified atom stereocenters. The van der Waals surface area contributed by atoms with Crippen LogP contribution >= 0.6 is 23.8 Å². The normalized spacial score (nSPS) is 17.9. The first-order chi connectivity index (χ1) is 10.2. The lowest BCUT2D eigenvalue weighted by Gasteiger charge is -2.35. The van der Waals surface area contributed by atoms with E-state index in [1.165, 1.54) is 18.6 Å². The maximum absolute atomic E-state index is 12.8. The Hall–Kier alpha value is -1.01. The van der Waals surface area contributed by atoms with Gasteiger partial charge in [0.05, 0.1) is 10.6 Å². The minimum absolute atomic E-state index is 0.0956. The van der Waals surface area contributed by atoms with Crippen LogP contribution in [-0.2, 0) is 6.18 Å². The molecular weight excluding hydrogens is 333 g/mol. The third kappa shape index (κ3) is 4.49. The molecule has 1 aromatic rings. The van der Waals surface area contributed by atoms with Gasteiger partial charge < -0.3 is 10.6 Å². The van der Waals surface area contributed by atoms with Crippen molar-refractivity contribution in [3.8, 4) is 0 Å². The molecule has 1 aliphatic carbocycles. The van der Waals surface area contributed by atoms with Crippen molar-refractivity contribution < 1.29 is 13.2 Å². The first kappa shape index (κ1) is 17.3. The monoisotopic (exact) mass is 350 g/mol. The van der Waals surface area contributed by atoms with E-state index >= 15 is 0 Å². The highest BCUT2D eigenvalue weighted by Crippen LogP contribution is 2.36. The number of hydrogen-bond donors (Lipinski definition) is 2. The highest BCUT2D eigenvalue weighted by molar-refractivity contribution is 7.80. The van der Waals surface area contributed by atoms with Crippen LogP contribution in [0.25, 0.3) is 0 Å². The van der Waals surface area contributed by atoms with Gasteiger partial charge in [0.25, 0.3) is 0 Å². The molecular formula is C15H18ClF3N2S. The van der Waals surface area contributed by atoms with E-state index in [0.29, 0.717) is 5.11 Å². The van der Waals surface area contributed by atoms with Crippen molar-refractivity contribution in [2.45, 2.75) is 50.7 Å². The van der Waals surface area contributed by atoms with Gasteiger partial charge in [-0.05, 0) is 50.2 Å². The first-order valence-corrected chi connectivity index (χ1v) is 7.94. The zero-order chi connectivity index (χ0) is 16.4. The number of rotatable bonds is 2. The molecule has 0 aliphatic heterocycles. The minimum Gasteiger partial charge on any atom is -0.357 e. The summed E-state index contributed by atoms with van der Waals surface area (Å²) in [5.74, 6) is 0. The van der Waals surface area contributed by atoms with Gasteiger partial charge in [0.2, 0.25) is 0 Å². The van der Waals surface area contributed by atoms with Crippen LogP contribution in [0.15, 0.2) is 18.2 Å². The Balaban J connectivity index is 2.05. The second kappa shape index (κ2) is 6.62. The van der Waals surface area contributed by atoms with E-state index in [-0.39, 0.29) is 16.2 Å². The molecule has 1 saturated carbocycles. The summed E-state index contributed by atoms with van der Waals surface area (Å²) in [5.41, 5.74) is -0.693. The third-order valence-electron chi connectivity index (χ3n) is 3.90. The van der Waals surface area contributed by atoms with Crippen molar-refractivity contribution in [2.75, 3.05) is 5.32 Å². The van der Waals surface area contributed by atoms with E-state index < -0.39 is 11.7 Å². The van der Waals surface area contributed by atoms with Crippen LogP contribution in [0, 0.1) is 0 Å². The Morgan fingerprint density at radius 2 is 1.86 bits per heavy atom. The number of anilines is 1. The Bertz CT molecular complexity index is 554. The van der Waals surface area contributed by atoms with E-state index in [1.807, 2.05) is 0 Å². The van der Waals surface area contributed by atoms with E-state index in [9.17, 15) is 13.2 Å². The van der Waals surface area contributed by atoms with Gasteiger partial charge in [-0.15, -0.1) is 0 Å². The third-order valence-corrected chi connectivity index (χ3v) is 4.44. The fourth-order valence-electron chi connectivity index (χ4n) is 2.71. The molecule has 122 valence electrons. The number of thiocarbonyl (C=S) groups is 1. The predicted octanol–water partition coefficient (Wildman–Crippen LogP) is 5.37. The molecule has 1 aromatic carbocycles. The van der Waals surface area contributed by atoms with Crippen molar-refractivity contribution in [2.24, 2.45) is 0 Å². The van der Waals surface area contributed by atoms with Gasteiger partial charge in [-0.1, -0.05) is 30.9 Å². The van der Waals surface area contributed by atoms with Gasteiger partial charge in [0.15, 0.2) is 5.11 Å². The van der Waals surface area contributed by atoms with Crippen LogP contribution in [0.3, 0.4) is 0 Å². The second-order valence-electron chi connectivity index (χ2n) is 5.89.